The van der Waals surface area contributed by atoms with Crippen LogP contribution in [-0.2, 0) is 0 Å². The molecule has 0 aliphatic heterocycles. The van der Waals surface area contributed by atoms with Crippen molar-refractivity contribution >= 4 is 41.8 Å². The van der Waals surface area contributed by atoms with E-state index in [1.54, 1.807) is 6.26 Å². The van der Waals surface area contributed by atoms with Crippen LogP contribution in [0.5, 0.6) is 0 Å². The molecule has 0 atom stereocenters. The van der Waals surface area contributed by atoms with Gasteiger partial charge in [0.15, 0.2) is 0 Å². The fraction of sp³-hybridized carbons (Fsp3) is 0.167. The van der Waals surface area contributed by atoms with Gasteiger partial charge in [-0.25, -0.2) is 0 Å². The van der Waals surface area contributed by atoms with E-state index in [2.05, 4.69) is 183 Å². The molecule has 0 aliphatic rings. The Balaban J connectivity index is 0.000000209. The minimum absolute atomic E-state index is 0.889. The van der Waals surface area contributed by atoms with Crippen LogP contribution in [-0.4, -0.2) is 62.4 Å². The van der Waals surface area contributed by atoms with Crippen LogP contribution in [0, 0.1) is 0 Å². The van der Waals surface area contributed by atoms with Crippen molar-refractivity contribution in [2.45, 2.75) is 0 Å². The fourth-order valence-corrected chi connectivity index (χ4v) is 9.45. The second kappa shape index (κ2) is 14.4. The number of furan rings is 1. The Hall–Kier alpha value is -3.73. The number of benzene rings is 4. The normalized spacial score (nSPS) is 12.1. The maximum absolute atomic E-state index is 5.34. The Labute approximate surface area is 253 Å². The second-order valence-corrected chi connectivity index (χ2v) is 14.9. The summed E-state index contributed by atoms with van der Waals surface area (Å²) in [6, 6.07) is 47.4. The van der Waals surface area contributed by atoms with Crippen molar-refractivity contribution in [3.05, 3.63) is 151 Å². The molecule has 6 heteroatoms. The molecule has 0 aliphatic carbocycles. The lowest BCUT2D eigenvalue weighted by Crippen LogP contribution is -2.74. The van der Waals surface area contributed by atoms with E-state index in [0.717, 1.165) is 5.76 Å². The molecular formula is C36H43BN3OP. The number of hydrogen-bond donors (Lipinski definition) is 0. The summed E-state index contributed by atoms with van der Waals surface area (Å²) >= 11 is 0. The maximum atomic E-state index is 5.34. The van der Waals surface area contributed by atoms with Gasteiger partial charge in [-0.3, -0.25) is 0 Å². The quantitative estimate of drug-likeness (QED) is 0.165. The smallest absolute Gasteiger partial charge is 0.253 e. The third-order valence-electron chi connectivity index (χ3n) is 7.95. The van der Waals surface area contributed by atoms with Gasteiger partial charge in [-0.05, 0) is 12.1 Å². The van der Waals surface area contributed by atoms with E-state index in [9.17, 15) is 0 Å². The van der Waals surface area contributed by atoms with Crippen LogP contribution in [0.4, 0.5) is 0 Å². The minimum atomic E-state index is -1.59. The molecular weight excluding hydrogens is 532 g/mol. The van der Waals surface area contributed by atoms with Crippen LogP contribution in [0.1, 0.15) is 5.76 Å². The molecule has 0 spiro atoms. The average Bonchev–Trinajstić information content (AvgIpc) is 3.54. The standard InChI is InChI=1S/C24H20B.C12H23N3OP/c1-5-13-21(14-6-1)25(22-15-7-2-8-16-22,23-17-9-3-10-18-23)24-19-11-4-12-20-24;1-13(2)17(14(3)4,15(5)6)11-9-12-8-7-10-16-12/h1-20H;7-11H,1-6H3/q-1;+1/b;11-9+. The largest absolute Gasteiger partial charge is 0.465 e. The van der Waals surface area contributed by atoms with E-state index in [-0.39, 0.29) is 0 Å². The van der Waals surface area contributed by atoms with Crippen molar-refractivity contribution < 1.29 is 4.42 Å². The molecule has 42 heavy (non-hydrogen) atoms. The Bertz CT molecular complexity index is 1310. The summed E-state index contributed by atoms with van der Waals surface area (Å²) < 4.78 is 12.2. The molecule has 0 amide bonds. The van der Waals surface area contributed by atoms with Crippen LogP contribution in [0.3, 0.4) is 0 Å². The molecule has 1 heterocycles. The molecule has 5 aromatic rings. The summed E-state index contributed by atoms with van der Waals surface area (Å²) in [6.45, 7) is 0. The van der Waals surface area contributed by atoms with Gasteiger partial charge in [0, 0.05) is 48.4 Å². The summed E-state index contributed by atoms with van der Waals surface area (Å²) in [5.74, 6) is 3.13. The van der Waals surface area contributed by atoms with Gasteiger partial charge in [0.2, 0.25) is 0 Å². The predicted octanol–water partition coefficient (Wildman–Crippen LogP) is 5.76. The van der Waals surface area contributed by atoms with Crippen LogP contribution in [0.25, 0.3) is 6.08 Å². The molecule has 216 valence electrons. The zero-order valence-corrected chi connectivity index (χ0v) is 26.6. The zero-order valence-electron chi connectivity index (χ0n) is 25.7. The van der Waals surface area contributed by atoms with Crippen molar-refractivity contribution in [3.8, 4) is 0 Å². The van der Waals surface area contributed by atoms with Crippen LogP contribution in [0.2, 0.25) is 0 Å². The Morgan fingerprint density at radius 3 is 1.07 bits per heavy atom. The SMILES string of the molecule is CN(C)[P+](/C=C/c1ccco1)(N(C)C)N(C)C.c1ccc([B-](c2ccccc2)(c2ccccc2)c2ccccc2)cc1. The third kappa shape index (κ3) is 6.51. The average molecular weight is 576 g/mol. The zero-order chi connectivity index (χ0) is 30.0. The number of rotatable bonds is 9. The van der Waals surface area contributed by atoms with Crippen molar-refractivity contribution in [1.29, 1.82) is 0 Å². The first-order valence-electron chi connectivity index (χ1n) is 14.4. The van der Waals surface area contributed by atoms with E-state index in [0.29, 0.717) is 0 Å². The fourth-order valence-electron chi connectivity index (χ4n) is 6.15. The summed E-state index contributed by atoms with van der Waals surface area (Å²) in [5, 5.41) is 0. The minimum Gasteiger partial charge on any atom is -0.465 e. The molecule has 0 fully saturated rings. The first kappa shape index (κ1) is 31.2. The van der Waals surface area contributed by atoms with Crippen LogP contribution in [0.15, 0.2) is 150 Å². The van der Waals surface area contributed by atoms with Gasteiger partial charge >= 0.3 is 0 Å². The van der Waals surface area contributed by atoms with Crippen LogP contribution < -0.4 is 21.9 Å². The molecule has 4 nitrogen and oxygen atoms in total. The van der Waals surface area contributed by atoms with Crippen molar-refractivity contribution in [2.24, 2.45) is 0 Å². The van der Waals surface area contributed by atoms with Gasteiger partial charge in [0.1, 0.15) is 17.7 Å². The van der Waals surface area contributed by atoms with E-state index >= 15 is 0 Å². The molecule has 0 bridgehead atoms. The summed E-state index contributed by atoms with van der Waals surface area (Å²) in [7, 11) is 11.1. The molecule has 0 unspecified atom stereocenters. The van der Waals surface area contributed by atoms with Gasteiger partial charge in [-0.15, -0.1) is 0 Å². The lowest BCUT2D eigenvalue weighted by Gasteiger charge is -2.44. The Kier molecular flexibility index (Phi) is 10.7. The highest BCUT2D eigenvalue weighted by Crippen LogP contribution is 2.65. The van der Waals surface area contributed by atoms with Crippen molar-refractivity contribution in [3.63, 3.8) is 0 Å². The molecule has 5 rings (SSSR count). The van der Waals surface area contributed by atoms with E-state index in [1.807, 2.05) is 18.2 Å². The second-order valence-electron chi connectivity index (χ2n) is 11.0. The van der Waals surface area contributed by atoms with Gasteiger partial charge in [-0.2, -0.15) is 35.9 Å². The lowest BCUT2D eigenvalue weighted by atomic mass is 9.13. The highest BCUT2D eigenvalue weighted by molar-refractivity contribution is 7.72. The van der Waals surface area contributed by atoms with E-state index < -0.39 is 13.9 Å². The topological polar surface area (TPSA) is 22.9 Å². The van der Waals surface area contributed by atoms with Gasteiger partial charge < -0.3 is 4.42 Å². The number of nitrogens with zero attached hydrogens (tertiary/aromatic N) is 3. The Morgan fingerprint density at radius 1 is 0.476 bits per heavy atom. The van der Waals surface area contributed by atoms with E-state index in [1.165, 1.54) is 21.9 Å². The molecule has 0 saturated carbocycles. The van der Waals surface area contributed by atoms with E-state index in [4.69, 9.17) is 4.42 Å². The predicted molar refractivity (Wildman–Crippen MR) is 186 cm³/mol. The molecule has 0 radical (unpaired) electrons. The molecule has 4 aromatic carbocycles. The lowest BCUT2D eigenvalue weighted by molar-refractivity contribution is 0.472. The highest BCUT2D eigenvalue weighted by Gasteiger charge is 2.45. The summed E-state index contributed by atoms with van der Waals surface area (Å²) in [6.07, 6.45) is 2.53. The number of hydrogen-bond acceptors (Lipinski definition) is 4. The van der Waals surface area contributed by atoms with Gasteiger partial charge in [0.05, 0.1) is 6.26 Å². The Morgan fingerprint density at radius 2 is 0.810 bits per heavy atom. The third-order valence-corrected chi connectivity index (χ3v) is 12.0. The van der Waals surface area contributed by atoms with Crippen molar-refractivity contribution in [2.75, 3.05) is 42.3 Å². The monoisotopic (exact) mass is 575 g/mol. The first-order chi connectivity index (χ1) is 20.3. The maximum Gasteiger partial charge on any atom is 0.253 e. The highest BCUT2D eigenvalue weighted by atomic mass is 31.2. The first-order valence-corrected chi connectivity index (χ1v) is 16.1. The van der Waals surface area contributed by atoms with Crippen LogP contribution >= 0.6 is 7.71 Å². The molecule has 1 aromatic heterocycles. The molecule has 0 N–H and O–H groups in total. The summed E-state index contributed by atoms with van der Waals surface area (Å²) in [4.78, 5) is 0. The van der Waals surface area contributed by atoms with Crippen molar-refractivity contribution in [1.82, 2.24) is 14.0 Å². The van der Waals surface area contributed by atoms with Gasteiger partial charge in [0.25, 0.3) is 7.71 Å². The molecule has 0 saturated heterocycles. The van der Waals surface area contributed by atoms with Gasteiger partial charge in [-0.1, -0.05) is 121 Å². The summed E-state index contributed by atoms with van der Waals surface area (Å²) in [5.41, 5.74) is 5.36.